The van der Waals surface area contributed by atoms with E-state index < -0.39 is 0 Å². The average Bonchev–Trinajstić information content (AvgIpc) is 2.90. The molecule has 0 bridgehead atoms. The number of imidazole rings is 1. The predicted octanol–water partition coefficient (Wildman–Crippen LogP) is 0.132. The van der Waals surface area contributed by atoms with Crippen LogP contribution < -0.4 is 5.32 Å². The van der Waals surface area contributed by atoms with Gasteiger partial charge in [-0.25, -0.2) is 4.98 Å². The molecule has 1 fully saturated rings. The summed E-state index contributed by atoms with van der Waals surface area (Å²) in [6.45, 7) is 2.89. The fourth-order valence-corrected chi connectivity index (χ4v) is 1.93. The minimum atomic E-state index is 0.201. The Morgan fingerprint density at radius 1 is 1.50 bits per heavy atom. The second kappa shape index (κ2) is 5.12. The summed E-state index contributed by atoms with van der Waals surface area (Å²) in [7, 11) is 1.95. The van der Waals surface area contributed by atoms with Crippen molar-refractivity contribution in [2.45, 2.75) is 19.4 Å². The van der Waals surface area contributed by atoms with Crippen LogP contribution in [0.1, 0.15) is 18.7 Å². The molecule has 2 heterocycles. The Balaban J connectivity index is 1.71. The van der Waals surface area contributed by atoms with Gasteiger partial charge >= 0.3 is 0 Å². The van der Waals surface area contributed by atoms with E-state index in [0.29, 0.717) is 13.1 Å². The third kappa shape index (κ3) is 2.61. The Morgan fingerprint density at radius 2 is 2.25 bits per heavy atom. The van der Waals surface area contributed by atoms with E-state index in [1.54, 1.807) is 6.20 Å². The molecule has 0 radical (unpaired) electrons. The zero-order valence-corrected chi connectivity index (χ0v) is 9.65. The SMILES string of the molecule is Cn1ccnc1CNCC(=O)N1CCCC1. The molecule has 5 nitrogen and oxygen atoms in total. The minimum Gasteiger partial charge on any atom is -0.342 e. The van der Waals surface area contributed by atoms with E-state index in [0.717, 1.165) is 31.8 Å². The first-order valence-corrected chi connectivity index (χ1v) is 5.72. The molecule has 1 N–H and O–H groups in total. The summed E-state index contributed by atoms with van der Waals surface area (Å²) in [4.78, 5) is 17.8. The van der Waals surface area contributed by atoms with Gasteiger partial charge in [0.1, 0.15) is 5.82 Å². The zero-order valence-electron chi connectivity index (χ0n) is 9.65. The molecule has 88 valence electrons. The van der Waals surface area contributed by atoms with Gasteiger partial charge in [-0.2, -0.15) is 0 Å². The van der Waals surface area contributed by atoms with Gasteiger partial charge < -0.3 is 14.8 Å². The van der Waals surface area contributed by atoms with Crippen molar-refractivity contribution < 1.29 is 4.79 Å². The molecule has 2 rings (SSSR count). The quantitative estimate of drug-likeness (QED) is 0.788. The number of amides is 1. The lowest BCUT2D eigenvalue weighted by molar-refractivity contribution is -0.129. The number of hydrogen-bond donors (Lipinski definition) is 1. The first-order chi connectivity index (χ1) is 7.77. The lowest BCUT2D eigenvalue weighted by atomic mass is 10.4. The van der Waals surface area contributed by atoms with Crippen LogP contribution in [0.25, 0.3) is 0 Å². The van der Waals surface area contributed by atoms with E-state index in [4.69, 9.17) is 0 Å². The topological polar surface area (TPSA) is 50.2 Å². The zero-order chi connectivity index (χ0) is 11.4. The number of rotatable bonds is 4. The standard InChI is InChI=1S/C11H18N4O/c1-14-7-4-13-10(14)8-12-9-11(16)15-5-2-3-6-15/h4,7,12H,2-3,5-6,8-9H2,1H3. The molecule has 0 atom stereocenters. The highest BCUT2D eigenvalue weighted by atomic mass is 16.2. The van der Waals surface area contributed by atoms with Gasteiger partial charge in [0.15, 0.2) is 0 Å². The second-order valence-electron chi connectivity index (χ2n) is 4.15. The number of hydrogen-bond acceptors (Lipinski definition) is 3. The van der Waals surface area contributed by atoms with Gasteiger partial charge in [0.05, 0.1) is 13.1 Å². The van der Waals surface area contributed by atoms with E-state index in [1.165, 1.54) is 0 Å². The lowest BCUT2D eigenvalue weighted by Crippen LogP contribution is -2.36. The number of aryl methyl sites for hydroxylation is 1. The monoisotopic (exact) mass is 222 g/mol. The average molecular weight is 222 g/mol. The van der Waals surface area contributed by atoms with E-state index in [1.807, 2.05) is 22.7 Å². The molecule has 0 spiro atoms. The molecular formula is C11H18N4O. The molecule has 5 heteroatoms. The third-order valence-corrected chi connectivity index (χ3v) is 2.94. The van der Waals surface area contributed by atoms with Crippen LogP contribution in [0.2, 0.25) is 0 Å². The van der Waals surface area contributed by atoms with Crippen LogP contribution in [0.4, 0.5) is 0 Å². The Kier molecular flexibility index (Phi) is 3.56. The van der Waals surface area contributed by atoms with Gasteiger partial charge in [-0.05, 0) is 12.8 Å². The number of likely N-dealkylation sites (tertiary alicyclic amines) is 1. The molecule has 1 aliphatic heterocycles. The molecule has 0 aliphatic carbocycles. The van der Waals surface area contributed by atoms with E-state index in [9.17, 15) is 4.79 Å². The van der Waals surface area contributed by atoms with Crippen LogP contribution in [-0.4, -0.2) is 40.0 Å². The predicted molar refractivity (Wildman–Crippen MR) is 60.7 cm³/mol. The molecule has 1 aromatic rings. The molecule has 0 unspecified atom stereocenters. The van der Waals surface area contributed by atoms with Crippen LogP contribution in [0, 0.1) is 0 Å². The van der Waals surface area contributed by atoms with Gasteiger partial charge in [0.25, 0.3) is 0 Å². The van der Waals surface area contributed by atoms with Gasteiger partial charge in [-0.1, -0.05) is 0 Å². The molecule has 1 amide bonds. The normalized spacial score (nSPS) is 15.7. The van der Waals surface area contributed by atoms with E-state index in [2.05, 4.69) is 10.3 Å². The third-order valence-electron chi connectivity index (χ3n) is 2.94. The highest BCUT2D eigenvalue weighted by Gasteiger charge is 2.16. The number of nitrogens with zero attached hydrogens (tertiary/aromatic N) is 3. The Hall–Kier alpha value is -1.36. The molecule has 1 saturated heterocycles. The van der Waals surface area contributed by atoms with Crippen LogP contribution in [-0.2, 0) is 18.4 Å². The van der Waals surface area contributed by atoms with Crippen molar-refractivity contribution in [3.8, 4) is 0 Å². The maximum absolute atomic E-state index is 11.7. The fraction of sp³-hybridized carbons (Fsp3) is 0.636. The second-order valence-corrected chi connectivity index (χ2v) is 4.15. The lowest BCUT2D eigenvalue weighted by Gasteiger charge is -2.15. The van der Waals surface area contributed by atoms with E-state index >= 15 is 0 Å². The van der Waals surface area contributed by atoms with Crippen molar-refractivity contribution >= 4 is 5.91 Å². The van der Waals surface area contributed by atoms with Crippen molar-refractivity contribution in [2.75, 3.05) is 19.6 Å². The van der Waals surface area contributed by atoms with Crippen molar-refractivity contribution in [3.05, 3.63) is 18.2 Å². The summed E-state index contributed by atoms with van der Waals surface area (Å²) in [5, 5.41) is 3.13. The molecule has 0 aromatic carbocycles. The molecule has 0 saturated carbocycles. The number of carbonyl (C=O) groups excluding carboxylic acids is 1. The summed E-state index contributed by atoms with van der Waals surface area (Å²) in [5.41, 5.74) is 0. The van der Waals surface area contributed by atoms with Gasteiger partial charge in [-0.15, -0.1) is 0 Å². The van der Waals surface area contributed by atoms with Crippen LogP contribution in [0.3, 0.4) is 0 Å². The highest BCUT2D eigenvalue weighted by Crippen LogP contribution is 2.06. The summed E-state index contributed by atoms with van der Waals surface area (Å²) in [5.74, 6) is 1.15. The summed E-state index contributed by atoms with van der Waals surface area (Å²) < 4.78 is 1.95. The first-order valence-electron chi connectivity index (χ1n) is 5.72. The van der Waals surface area contributed by atoms with Crippen LogP contribution in [0.5, 0.6) is 0 Å². The van der Waals surface area contributed by atoms with Gasteiger partial charge in [-0.3, -0.25) is 4.79 Å². The summed E-state index contributed by atoms with van der Waals surface area (Å²) >= 11 is 0. The van der Waals surface area contributed by atoms with Crippen molar-refractivity contribution in [2.24, 2.45) is 7.05 Å². The Labute approximate surface area is 95.5 Å². The van der Waals surface area contributed by atoms with Crippen LogP contribution >= 0.6 is 0 Å². The molecule has 16 heavy (non-hydrogen) atoms. The number of aromatic nitrogens is 2. The van der Waals surface area contributed by atoms with Gasteiger partial charge in [0, 0.05) is 32.5 Å². The number of nitrogens with one attached hydrogen (secondary N) is 1. The first kappa shape index (κ1) is 11.1. The van der Waals surface area contributed by atoms with Crippen molar-refractivity contribution in [1.29, 1.82) is 0 Å². The Morgan fingerprint density at radius 3 is 2.88 bits per heavy atom. The van der Waals surface area contributed by atoms with Gasteiger partial charge in [0.2, 0.25) is 5.91 Å². The summed E-state index contributed by atoms with van der Waals surface area (Å²) in [6, 6.07) is 0. The maximum Gasteiger partial charge on any atom is 0.236 e. The van der Waals surface area contributed by atoms with Crippen molar-refractivity contribution in [3.63, 3.8) is 0 Å². The minimum absolute atomic E-state index is 0.201. The number of carbonyl (C=O) groups is 1. The smallest absolute Gasteiger partial charge is 0.236 e. The highest BCUT2D eigenvalue weighted by molar-refractivity contribution is 5.78. The van der Waals surface area contributed by atoms with Crippen molar-refractivity contribution in [1.82, 2.24) is 19.8 Å². The maximum atomic E-state index is 11.7. The summed E-state index contributed by atoms with van der Waals surface area (Å²) in [6.07, 6.45) is 5.95. The largest absolute Gasteiger partial charge is 0.342 e. The van der Waals surface area contributed by atoms with E-state index in [-0.39, 0.29) is 5.91 Å². The molecule has 1 aliphatic rings. The Bertz CT molecular complexity index is 355. The molecular weight excluding hydrogens is 204 g/mol. The molecule has 1 aromatic heterocycles. The van der Waals surface area contributed by atoms with Crippen LogP contribution in [0.15, 0.2) is 12.4 Å². The fourth-order valence-electron chi connectivity index (χ4n) is 1.93.